The lowest BCUT2D eigenvalue weighted by Gasteiger charge is -2.27. The van der Waals surface area contributed by atoms with Gasteiger partial charge in [0.25, 0.3) is 0 Å². The molecule has 0 saturated heterocycles. The highest BCUT2D eigenvalue weighted by molar-refractivity contribution is 7.98. The van der Waals surface area contributed by atoms with Crippen molar-refractivity contribution < 1.29 is 34.2 Å². The Morgan fingerprint density at radius 1 is 0.938 bits per heavy atom. The van der Waals surface area contributed by atoms with Gasteiger partial charge in [-0.05, 0) is 37.7 Å². The molecule has 4 amide bonds. The van der Waals surface area contributed by atoms with E-state index in [9.17, 15) is 34.2 Å². The van der Waals surface area contributed by atoms with Gasteiger partial charge in [0.05, 0.1) is 18.6 Å². The van der Waals surface area contributed by atoms with Crippen molar-refractivity contribution in [3.63, 3.8) is 0 Å². The first-order chi connectivity index (χ1) is 14.8. The van der Waals surface area contributed by atoms with Crippen molar-refractivity contribution in [1.82, 2.24) is 16.0 Å². The number of aliphatic carboxylic acids is 1. The Hall–Kier alpha value is -2.38. The van der Waals surface area contributed by atoms with Crippen molar-refractivity contribution in [2.24, 2.45) is 17.4 Å². The number of rotatable bonds is 15. The largest absolute Gasteiger partial charge is 0.480 e. The summed E-state index contributed by atoms with van der Waals surface area (Å²) in [5.41, 5.74) is 10.6. The highest BCUT2D eigenvalue weighted by Crippen LogP contribution is 2.08. The van der Waals surface area contributed by atoms with Crippen LogP contribution in [-0.4, -0.2) is 82.1 Å². The van der Waals surface area contributed by atoms with E-state index in [0.717, 1.165) is 0 Å². The number of primary amides is 1. The van der Waals surface area contributed by atoms with E-state index in [0.29, 0.717) is 5.75 Å². The smallest absolute Gasteiger partial charge is 0.326 e. The predicted octanol–water partition coefficient (Wildman–Crippen LogP) is -2.09. The molecule has 0 aromatic carbocycles. The van der Waals surface area contributed by atoms with Crippen LogP contribution in [0.25, 0.3) is 0 Å². The van der Waals surface area contributed by atoms with Crippen molar-refractivity contribution >= 4 is 41.4 Å². The number of carbonyl (C=O) groups is 5. The van der Waals surface area contributed by atoms with Crippen LogP contribution in [0.5, 0.6) is 0 Å². The Bertz CT molecular complexity index is 674. The van der Waals surface area contributed by atoms with E-state index in [1.54, 1.807) is 20.1 Å². The van der Waals surface area contributed by atoms with Crippen LogP contribution in [0.1, 0.15) is 40.0 Å². The molecule has 5 unspecified atom stereocenters. The molecule has 5 atom stereocenters. The molecule has 12 nitrogen and oxygen atoms in total. The molecule has 0 aromatic rings. The molecule has 0 aliphatic rings. The van der Waals surface area contributed by atoms with E-state index in [2.05, 4.69) is 16.0 Å². The topological polar surface area (TPSA) is 214 Å². The van der Waals surface area contributed by atoms with E-state index < -0.39 is 66.3 Å². The lowest BCUT2D eigenvalue weighted by atomic mass is 10.0. The average molecular weight is 478 g/mol. The van der Waals surface area contributed by atoms with Gasteiger partial charge in [-0.3, -0.25) is 19.2 Å². The average Bonchev–Trinajstić information content (AvgIpc) is 2.66. The molecule has 0 spiro atoms. The lowest BCUT2D eigenvalue weighted by Crippen LogP contribution is -2.60. The van der Waals surface area contributed by atoms with Crippen LogP contribution in [-0.2, 0) is 24.0 Å². The van der Waals surface area contributed by atoms with E-state index >= 15 is 0 Å². The van der Waals surface area contributed by atoms with Gasteiger partial charge in [0.15, 0.2) is 0 Å². The van der Waals surface area contributed by atoms with Crippen molar-refractivity contribution in [1.29, 1.82) is 0 Å². The zero-order chi connectivity index (χ0) is 25.0. The molecule has 0 aliphatic heterocycles. The number of nitrogens with one attached hydrogen (secondary N) is 3. The fraction of sp³-hybridized carbons (Fsp3) is 0.737. The molecule has 0 bridgehead atoms. The summed E-state index contributed by atoms with van der Waals surface area (Å²) < 4.78 is 0. The van der Waals surface area contributed by atoms with Crippen molar-refractivity contribution in [2.75, 3.05) is 12.0 Å². The van der Waals surface area contributed by atoms with Crippen LogP contribution in [0.3, 0.4) is 0 Å². The van der Waals surface area contributed by atoms with Crippen LogP contribution in [0.2, 0.25) is 0 Å². The number of hydrogen-bond acceptors (Lipinski definition) is 8. The van der Waals surface area contributed by atoms with Crippen LogP contribution in [0, 0.1) is 5.92 Å². The van der Waals surface area contributed by atoms with Crippen LogP contribution < -0.4 is 27.4 Å². The number of aliphatic hydroxyl groups is 1. The Kier molecular flexibility index (Phi) is 13.5. The maximum atomic E-state index is 12.8. The highest BCUT2D eigenvalue weighted by atomic mass is 32.2. The van der Waals surface area contributed by atoms with Crippen LogP contribution >= 0.6 is 11.8 Å². The Labute approximate surface area is 191 Å². The number of carboxylic acid groups (broad SMARTS) is 1. The summed E-state index contributed by atoms with van der Waals surface area (Å²) in [4.78, 5) is 60.0. The summed E-state index contributed by atoms with van der Waals surface area (Å²) in [6.45, 7) is 4.87. The summed E-state index contributed by atoms with van der Waals surface area (Å²) in [7, 11) is 0. The number of thioether (sulfide) groups is 1. The second kappa shape index (κ2) is 14.6. The third-order valence-electron chi connectivity index (χ3n) is 4.39. The van der Waals surface area contributed by atoms with Gasteiger partial charge in [-0.1, -0.05) is 13.8 Å². The van der Waals surface area contributed by atoms with Gasteiger partial charge >= 0.3 is 5.97 Å². The molecule has 0 aliphatic carbocycles. The molecule has 184 valence electrons. The van der Waals surface area contributed by atoms with Gasteiger partial charge in [-0.25, -0.2) is 4.79 Å². The van der Waals surface area contributed by atoms with Crippen LogP contribution in [0.4, 0.5) is 0 Å². The third kappa shape index (κ3) is 11.3. The molecular weight excluding hydrogens is 442 g/mol. The van der Waals surface area contributed by atoms with Crippen molar-refractivity contribution in [3.05, 3.63) is 0 Å². The number of hydrogen-bond donors (Lipinski definition) is 7. The number of carboxylic acids is 1. The molecule has 9 N–H and O–H groups in total. The van der Waals surface area contributed by atoms with Gasteiger partial charge in [-0.15, -0.1) is 0 Å². The summed E-state index contributed by atoms with van der Waals surface area (Å²) >= 11 is 1.41. The minimum Gasteiger partial charge on any atom is -0.480 e. The Morgan fingerprint density at radius 2 is 1.50 bits per heavy atom. The van der Waals surface area contributed by atoms with E-state index in [4.69, 9.17) is 11.5 Å². The zero-order valence-electron chi connectivity index (χ0n) is 18.8. The minimum atomic E-state index is -1.45. The SMILES string of the molecule is CSCCC(NC(=O)C(NC(=O)C(CC(C)C)NC(=O)C(N)CC(N)=O)C(C)O)C(=O)O. The summed E-state index contributed by atoms with van der Waals surface area (Å²) in [5.74, 6) is -3.99. The van der Waals surface area contributed by atoms with Crippen molar-refractivity contribution in [2.45, 2.75) is 70.3 Å². The fourth-order valence-corrected chi connectivity index (χ4v) is 3.18. The molecule has 0 heterocycles. The number of amides is 4. The summed E-state index contributed by atoms with van der Waals surface area (Å²) in [6, 6.07) is -5.00. The minimum absolute atomic E-state index is 0.0415. The number of carbonyl (C=O) groups excluding carboxylic acids is 4. The molecule has 0 rings (SSSR count). The number of aliphatic hydroxyl groups excluding tert-OH is 1. The standard InChI is InChI=1S/C19H35N5O7S/c1-9(2)7-13(23-16(27)11(20)8-14(21)26)17(28)24-15(10(3)25)18(29)22-12(19(30)31)5-6-32-4/h9-13,15,25H,5-8,20H2,1-4H3,(H2,21,26)(H,22,29)(H,23,27)(H,24,28)(H,30,31). The van der Waals surface area contributed by atoms with Gasteiger partial charge in [-0.2, -0.15) is 11.8 Å². The van der Waals surface area contributed by atoms with E-state index in [-0.39, 0.29) is 18.8 Å². The fourth-order valence-electron chi connectivity index (χ4n) is 2.70. The third-order valence-corrected chi connectivity index (χ3v) is 5.03. The quantitative estimate of drug-likeness (QED) is 0.137. The van der Waals surface area contributed by atoms with Gasteiger partial charge in [0, 0.05) is 0 Å². The first-order valence-electron chi connectivity index (χ1n) is 10.1. The monoisotopic (exact) mass is 477 g/mol. The summed E-state index contributed by atoms with van der Waals surface area (Å²) in [6.07, 6.45) is 0.375. The van der Waals surface area contributed by atoms with Gasteiger partial charge in [0.1, 0.15) is 18.1 Å². The normalized spacial score (nSPS) is 15.7. The molecule has 0 fully saturated rings. The molecular formula is C19H35N5O7S. The molecule has 32 heavy (non-hydrogen) atoms. The molecule has 0 radical (unpaired) electrons. The molecule has 13 heteroatoms. The zero-order valence-corrected chi connectivity index (χ0v) is 19.6. The van der Waals surface area contributed by atoms with Gasteiger partial charge in [0.2, 0.25) is 23.6 Å². The Morgan fingerprint density at radius 3 is 1.94 bits per heavy atom. The maximum absolute atomic E-state index is 12.8. The highest BCUT2D eigenvalue weighted by Gasteiger charge is 2.33. The first-order valence-corrected chi connectivity index (χ1v) is 11.5. The second-order valence-electron chi connectivity index (χ2n) is 7.88. The lowest BCUT2D eigenvalue weighted by molar-refractivity contribution is -0.143. The molecule has 0 saturated carbocycles. The molecule has 0 aromatic heterocycles. The van der Waals surface area contributed by atoms with Crippen LogP contribution in [0.15, 0.2) is 0 Å². The van der Waals surface area contributed by atoms with Crippen molar-refractivity contribution in [3.8, 4) is 0 Å². The van der Waals surface area contributed by atoms with Gasteiger partial charge < -0.3 is 37.6 Å². The number of nitrogens with two attached hydrogens (primary N) is 2. The maximum Gasteiger partial charge on any atom is 0.326 e. The first kappa shape index (κ1) is 29.6. The predicted molar refractivity (Wildman–Crippen MR) is 119 cm³/mol. The van der Waals surface area contributed by atoms with E-state index in [1.807, 2.05) is 0 Å². The van der Waals surface area contributed by atoms with E-state index in [1.165, 1.54) is 18.7 Å². The second-order valence-corrected chi connectivity index (χ2v) is 8.86. The Balaban J connectivity index is 5.39. The summed E-state index contributed by atoms with van der Waals surface area (Å²) in [5, 5.41) is 26.4.